The Labute approximate surface area is 120 Å². The normalized spacial score (nSPS) is 31.9. The third kappa shape index (κ3) is 3.64. The molecule has 0 aromatic carbocycles. The first-order valence-corrected chi connectivity index (χ1v) is 7.75. The summed E-state index contributed by atoms with van der Waals surface area (Å²) >= 11 is 0. The number of piperidine rings is 1. The van der Waals surface area contributed by atoms with E-state index in [4.69, 9.17) is 5.11 Å². The van der Waals surface area contributed by atoms with E-state index in [1.54, 1.807) is 4.90 Å². The molecule has 1 aliphatic carbocycles. The minimum absolute atomic E-state index is 0.0133. The molecule has 3 unspecified atom stereocenters. The molecular formula is C15H26N2O3. The van der Waals surface area contributed by atoms with Gasteiger partial charge in [-0.15, -0.1) is 0 Å². The molecular weight excluding hydrogens is 256 g/mol. The zero-order valence-electron chi connectivity index (χ0n) is 12.5. The number of carbonyl (C=O) groups is 2. The maximum atomic E-state index is 12.2. The zero-order valence-corrected chi connectivity index (χ0v) is 12.5. The van der Waals surface area contributed by atoms with Crippen LogP contribution in [0.4, 0.5) is 4.79 Å². The Morgan fingerprint density at radius 1 is 1.05 bits per heavy atom. The lowest BCUT2D eigenvalue weighted by Crippen LogP contribution is -2.49. The van der Waals surface area contributed by atoms with Crippen LogP contribution in [-0.2, 0) is 4.79 Å². The van der Waals surface area contributed by atoms with E-state index < -0.39 is 5.97 Å². The van der Waals surface area contributed by atoms with Gasteiger partial charge in [0.05, 0.1) is 5.92 Å². The predicted molar refractivity (Wildman–Crippen MR) is 76.4 cm³/mol. The number of hydrogen-bond acceptors (Lipinski definition) is 2. The quantitative estimate of drug-likeness (QED) is 0.816. The Bertz CT molecular complexity index is 364. The first kappa shape index (κ1) is 15.1. The molecule has 2 N–H and O–H groups in total. The lowest BCUT2D eigenvalue weighted by molar-refractivity contribution is -0.143. The molecule has 1 saturated heterocycles. The van der Waals surface area contributed by atoms with Crippen LogP contribution in [0.15, 0.2) is 0 Å². The molecule has 0 radical (unpaired) electrons. The molecule has 1 aliphatic heterocycles. The number of nitrogens with zero attached hydrogens (tertiary/aromatic N) is 1. The number of hydrogen-bond donors (Lipinski definition) is 2. The number of carboxylic acid groups (broad SMARTS) is 1. The predicted octanol–water partition coefficient (Wildman–Crippen LogP) is 2.32. The van der Waals surface area contributed by atoms with Crippen molar-refractivity contribution in [3.63, 3.8) is 0 Å². The van der Waals surface area contributed by atoms with Gasteiger partial charge in [0.1, 0.15) is 0 Å². The molecule has 3 atom stereocenters. The van der Waals surface area contributed by atoms with Crippen molar-refractivity contribution >= 4 is 12.0 Å². The highest BCUT2D eigenvalue weighted by Crippen LogP contribution is 2.29. The van der Waals surface area contributed by atoms with E-state index in [1.807, 2.05) is 0 Å². The van der Waals surface area contributed by atoms with E-state index in [0.717, 1.165) is 18.8 Å². The Balaban J connectivity index is 1.77. The smallest absolute Gasteiger partial charge is 0.317 e. The molecule has 2 amide bonds. The van der Waals surface area contributed by atoms with Gasteiger partial charge in [-0.3, -0.25) is 4.79 Å². The number of carbonyl (C=O) groups excluding carboxylic acids is 1. The number of carboxylic acids is 1. The largest absolute Gasteiger partial charge is 0.481 e. The molecule has 1 heterocycles. The third-order valence-corrected chi connectivity index (χ3v) is 5.06. The van der Waals surface area contributed by atoms with Crippen LogP contribution in [0.2, 0.25) is 0 Å². The van der Waals surface area contributed by atoms with Crippen LogP contribution in [0.25, 0.3) is 0 Å². The summed E-state index contributed by atoms with van der Waals surface area (Å²) in [5.74, 6) is 0.385. The van der Waals surface area contributed by atoms with E-state index >= 15 is 0 Å². The average Bonchev–Trinajstić information content (AvgIpc) is 2.43. The molecule has 5 heteroatoms. The van der Waals surface area contributed by atoms with Crippen LogP contribution in [-0.4, -0.2) is 41.1 Å². The van der Waals surface area contributed by atoms with E-state index in [2.05, 4.69) is 19.2 Å². The van der Waals surface area contributed by atoms with Gasteiger partial charge in [-0.25, -0.2) is 4.79 Å². The summed E-state index contributed by atoms with van der Waals surface area (Å²) in [4.78, 5) is 24.9. The number of nitrogens with one attached hydrogen (secondary N) is 1. The van der Waals surface area contributed by atoms with Gasteiger partial charge >= 0.3 is 12.0 Å². The van der Waals surface area contributed by atoms with E-state index in [9.17, 15) is 9.59 Å². The van der Waals surface area contributed by atoms with Crippen molar-refractivity contribution in [3.05, 3.63) is 0 Å². The zero-order chi connectivity index (χ0) is 14.7. The summed E-state index contributed by atoms with van der Waals surface area (Å²) in [7, 11) is 0. The number of urea groups is 1. The number of amides is 2. The SMILES string of the molecule is CC1CCC(NC(=O)N2CCC(C(=O)O)CC2)CC1C. The molecule has 1 saturated carbocycles. The highest BCUT2D eigenvalue weighted by Gasteiger charge is 2.30. The molecule has 2 aliphatic rings. The molecule has 5 nitrogen and oxygen atoms in total. The number of aliphatic carboxylic acids is 1. The van der Waals surface area contributed by atoms with Crippen molar-refractivity contribution < 1.29 is 14.7 Å². The van der Waals surface area contributed by atoms with E-state index in [-0.39, 0.29) is 18.0 Å². The van der Waals surface area contributed by atoms with Gasteiger partial charge in [0, 0.05) is 19.1 Å². The Morgan fingerprint density at radius 3 is 2.25 bits per heavy atom. The Hall–Kier alpha value is -1.26. The maximum absolute atomic E-state index is 12.2. The van der Waals surface area contributed by atoms with Crippen LogP contribution < -0.4 is 5.32 Å². The van der Waals surface area contributed by atoms with Crippen LogP contribution in [0.3, 0.4) is 0 Å². The van der Waals surface area contributed by atoms with E-state index in [0.29, 0.717) is 31.8 Å². The molecule has 2 rings (SSSR count). The van der Waals surface area contributed by atoms with Crippen molar-refractivity contribution in [2.75, 3.05) is 13.1 Å². The van der Waals surface area contributed by atoms with Crippen LogP contribution in [0.5, 0.6) is 0 Å². The Morgan fingerprint density at radius 2 is 1.70 bits per heavy atom. The molecule has 0 bridgehead atoms. The maximum Gasteiger partial charge on any atom is 0.317 e. The van der Waals surface area contributed by atoms with E-state index in [1.165, 1.54) is 6.42 Å². The summed E-state index contributed by atoms with van der Waals surface area (Å²) in [5.41, 5.74) is 0. The van der Waals surface area contributed by atoms with Crippen LogP contribution >= 0.6 is 0 Å². The van der Waals surface area contributed by atoms with Crippen LogP contribution in [0, 0.1) is 17.8 Å². The first-order chi connectivity index (χ1) is 9.47. The second kappa shape index (κ2) is 6.46. The van der Waals surface area contributed by atoms with Crippen LogP contribution in [0.1, 0.15) is 46.0 Å². The minimum Gasteiger partial charge on any atom is -0.481 e. The lowest BCUT2D eigenvalue weighted by Gasteiger charge is -2.35. The van der Waals surface area contributed by atoms with Crippen molar-refractivity contribution in [1.29, 1.82) is 0 Å². The van der Waals surface area contributed by atoms with Crippen molar-refractivity contribution in [2.45, 2.75) is 52.0 Å². The molecule has 114 valence electrons. The standard InChI is InChI=1S/C15H26N2O3/c1-10-3-4-13(9-11(10)2)16-15(20)17-7-5-12(6-8-17)14(18)19/h10-13H,3-9H2,1-2H3,(H,16,20)(H,18,19). The monoisotopic (exact) mass is 282 g/mol. The fourth-order valence-corrected chi connectivity index (χ4v) is 3.27. The summed E-state index contributed by atoms with van der Waals surface area (Å²) in [6, 6.07) is 0.270. The van der Waals surface area contributed by atoms with Crippen molar-refractivity contribution in [2.24, 2.45) is 17.8 Å². The topological polar surface area (TPSA) is 69.6 Å². The van der Waals surface area contributed by atoms with Gasteiger partial charge in [0.2, 0.25) is 0 Å². The summed E-state index contributed by atoms with van der Waals surface area (Å²) in [6.07, 6.45) is 4.43. The van der Waals surface area contributed by atoms with Gasteiger partial charge in [0.15, 0.2) is 0 Å². The summed E-state index contributed by atoms with van der Waals surface area (Å²) in [5, 5.41) is 12.1. The summed E-state index contributed by atoms with van der Waals surface area (Å²) in [6.45, 7) is 5.64. The fraction of sp³-hybridized carbons (Fsp3) is 0.867. The number of rotatable bonds is 2. The molecule has 2 fully saturated rings. The molecule has 20 heavy (non-hydrogen) atoms. The first-order valence-electron chi connectivity index (χ1n) is 7.75. The van der Waals surface area contributed by atoms with Gasteiger partial charge < -0.3 is 15.3 Å². The summed E-state index contributed by atoms with van der Waals surface area (Å²) < 4.78 is 0. The molecule has 0 aromatic heterocycles. The van der Waals surface area contributed by atoms with Gasteiger partial charge in [0.25, 0.3) is 0 Å². The Kier molecular flexibility index (Phi) is 4.89. The second-order valence-corrected chi connectivity index (χ2v) is 6.51. The average molecular weight is 282 g/mol. The third-order valence-electron chi connectivity index (χ3n) is 5.06. The van der Waals surface area contributed by atoms with Gasteiger partial charge in [-0.1, -0.05) is 13.8 Å². The fourth-order valence-electron chi connectivity index (χ4n) is 3.27. The van der Waals surface area contributed by atoms with Gasteiger partial charge in [-0.2, -0.15) is 0 Å². The van der Waals surface area contributed by atoms with Crippen molar-refractivity contribution in [1.82, 2.24) is 10.2 Å². The highest BCUT2D eigenvalue weighted by molar-refractivity contribution is 5.75. The number of likely N-dealkylation sites (tertiary alicyclic amines) is 1. The molecule has 0 aromatic rings. The minimum atomic E-state index is -0.736. The lowest BCUT2D eigenvalue weighted by atomic mass is 9.79. The molecule has 0 spiro atoms. The van der Waals surface area contributed by atoms with Gasteiger partial charge in [-0.05, 0) is 43.9 Å². The van der Waals surface area contributed by atoms with Crippen molar-refractivity contribution in [3.8, 4) is 0 Å². The second-order valence-electron chi connectivity index (χ2n) is 6.51. The highest BCUT2D eigenvalue weighted by atomic mass is 16.4.